The molecule has 0 atom stereocenters. The zero-order chi connectivity index (χ0) is 16.9. The standard InChI is InChI=1S/C15H18N2O4S2/c16-23(20,21)15-8-6-13(7-9-15)10-11-17-22(18,19)12-14-4-2-1-3-5-14/h1-9,17H,10-12H2,(H2,16,20,21). The lowest BCUT2D eigenvalue weighted by molar-refractivity contribution is 0.580. The smallest absolute Gasteiger partial charge is 0.225 e. The van der Waals surface area contributed by atoms with E-state index in [1.165, 1.54) is 12.1 Å². The van der Waals surface area contributed by atoms with Crippen LogP contribution in [0.1, 0.15) is 11.1 Å². The summed E-state index contributed by atoms with van der Waals surface area (Å²) in [5.41, 5.74) is 1.54. The molecule has 0 saturated heterocycles. The molecule has 0 unspecified atom stereocenters. The van der Waals surface area contributed by atoms with Crippen molar-refractivity contribution in [2.45, 2.75) is 17.1 Å². The summed E-state index contributed by atoms with van der Waals surface area (Å²) in [7, 11) is -7.11. The van der Waals surface area contributed by atoms with Gasteiger partial charge in [0.1, 0.15) is 0 Å². The number of nitrogens with two attached hydrogens (primary N) is 1. The molecule has 0 amide bonds. The van der Waals surface area contributed by atoms with Crippen LogP contribution in [-0.4, -0.2) is 23.4 Å². The van der Waals surface area contributed by atoms with E-state index in [9.17, 15) is 16.8 Å². The number of benzene rings is 2. The van der Waals surface area contributed by atoms with Gasteiger partial charge in [-0.2, -0.15) is 0 Å². The van der Waals surface area contributed by atoms with Gasteiger partial charge in [0.2, 0.25) is 20.0 Å². The molecule has 0 aromatic heterocycles. The Hall–Kier alpha value is -1.74. The predicted molar refractivity (Wildman–Crippen MR) is 88.6 cm³/mol. The van der Waals surface area contributed by atoms with Crippen LogP contribution < -0.4 is 9.86 Å². The lowest BCUT2D eigenvalue weighted by Gasteiger charge is -2.07. The predicted octanol–water partition coefficient (Wildman–Crippen LogP) is 0.996. The summed E-state index contributed by atoms with van der Waals surface area (Å²) >= 11 is 0. The number of nitrogens with one attached hydrogen (secondary N) is 1. The Morgan fingerprint density at radius 1 is 0.826 bits per heavy atom. The van der Waals surface area contributed by atoms with Crippen LogP contribution in [0, 0.1) is 0 Å². The van der Waals surface area contributed by atoms with Crippen LogP contribution in [0.5, 0.6) is 0 Å². The Kier molecular flexibility index (Phi) is 5.53. The monoisotopic (exact) mass is 354 g/mol. The summed E-state index contributed by atoms with van der Waals surface area (Å²) in [5, 5.41) is 5.02. The van der Waals surface area contributed by atoms with Crippen molar-refractivity contribution in [3.63, 3.8) is 0 Å². The Bertz CT molecular complexity index is 846. The van der Waals surface area contributed by atoms with Crippen LogP contribution in [0.15, 0.2) is 59.5 Å². The second kappa shape index (κ2) is 7.22. The lowest BCUT2D eigenvalue weighted by Crippen LogP contribution is -2.27. The first-order valence-corrected chi connectivity index (χ1v) is 10.1. The number of sulfonamides is 2. The van der Waals surface area contributed by atoms with Gasteiger partial charge in [-0.05, 0) is 29.7 Å². The van der Waals surface area contributed by atoms with Crippen LogP contribution in [0.4, 0.5) is 0 Å². The molecule has 6 nitrogen and oxygen atoms in total. The molecule has 8 heteroatoms. The molecular formula is C15H18N2O4S2. The Balaban J connectivity index is 1.89. The molecule has 0 radical (unpaired) electrons. The number of hydrogen-bond acceptors (Lipinski definition) is 4. The van der Waals surface area contributed by atoms with Crippen LogP contribution in [0.25, 0.3) is 0 Å². The van der Waals surface area contributed by atoms with Crippen molar-refractivity contribution >= 4 is 20.0 Å². The molecule has 124 valence electrons. The summed E-state index contributed by atoms with van der Waals surface area (Å²) in [6, 6.07) is 15.0. The third-order valence-corrected chi connectivity index (χ3v) is 5.47. The quantitative estimate of drug-likeness (QED) is 0.773. The van der Waals surface area contributed by atoms with Gasteiger partial charge < -0.3 is 0 Å². The fourth-order valence-electron chi connectivity index (χ4n) is 2.04. The second-order valence-electron chi connectivity index (χ2n) is 5.08. The Labute approximate surface area is 136 Å². The van der Waals surface area contributed by atoms with Crippen molar-refractivity contribution in [3.8, 4) is 0 Å². The molecule has 0 bridgehead atoms. The van der Waals surface area contributed by atoms with E-state index in [4.69, 9.17) is 5.14 Å². The van der Waals surface area contributed by atoms with E-state index in [-0.39, 0.29) is 17.2 Å². The Morgan fingerprint density at radius 3 is 2.00 bits per heavy atom. The zero-order valence-electron chi connectivity index (χ0n) is 12.3. The molecule has 0 spiro atoms. The molecule has 0 aliphatic rings. The SMILES string of the molecule is NS(=O)(=O)c1ccc(CCNS(=O)(=O)Cc2ccccc2)cc1. The van der Waals surface area contributed by atoms with Gasteiger partial charge in [0.05, 0.1) is 10.6 Å². The van der Waals surface area contributed by atoms with Crippen LogP contribution in [-0.2, 0) is 32.2 Å². The molecule has 0 heterocycles. The highest BCUT2D eigenvalue weighted by Gasteiger charge is 2.11. The molecule has 0 aliphatic heterocycles. The molecule has 2 aromatic rings. The minimum Gasteiger partial charge on any atom is -0.225 e. The van der Waals surface area contributed by atoms with Crippen molar-refractivity contribution in [2.24, 2.45) is 5.14 Å². The highest BCUT2D eigenvalue weighted by Crippen LogP contribution is 2.09. The molecular weight excluding hydrogens is 336 g/mol. The molecule has 0 aliphatic carbocycles. The zero-order valence-corrected chi connectivity index (χ0v) is 14.0. The van der Waals surface area contributed by atoms with Gasteiger partial charge in [0.25, 0.3) is 0 Å². The first-order valence-electron chi connectivity index (χ1n) is 6.89. The maximum Gasteiger partial charge on any atom is 0.238 e. The van der Waals surface area contributed by atoms with Gasteiger partial charge >= 0.3 is 0 Å². The van der Waals surface area contributed by atoms with Gasteiger partial charge in [-0.3, -0.25) is 0 Å². The molecule has 0 saturated carbocycles. The third-order valence-electron chi connectivity index (χ3n) is 3.19. The number of rotatable bonds is 7. The average Bonchev–Trinajstić information content (AvgIpc) is 2.47. The summed E-state index contributed by atoms with van der Waals surface area (Å²) < 4.78 is 48.8. The minimum atomic E-state index is -3.71. The lowest BCUT2D eigenvalue weighted by atomic mass is 10.2. The molecule has 23 heavy (non-hydrogen) atoms. The van der Waals surface area contributed by atoms with E-state index in [1.54, 1.807) is 36.4 Å². The maximum atomic E-state index is 12.0. The van der Waals surface area contributed by atoms with Crippen molar-refractivity contribution in [2.75, 3.05) is 6.54 Å². The van der Waals surface area contributed by atoms with Crippen LogP contribution >= 0.6 is 0 Å². The van der Waals surface area contributed by atoms with Gasteiger partial charge in [-0.1, -0.05) is 42.5 Å². The van der Waals surface area contributed by atoms with E-state index >= 15 is 0 Å². The number of primary sulfonamides is 1. The topological polar surface area (TPSA) is 106 Å². The van der Waals surface area contributed by atoms with Gasteiger partial charge in [0.15, 0.2) is 0 Å². The van der Waals surface area contributed by atoms with Crippen LogP contribution in [0.2, 0.25) is 0 Å². The summed E-state index contributed by atoms with van der Waals surface area (Å²) in [4.78, 5) is 0.0332. The molecule has 2 rings (SSSR count). The average molecular weight is 354 g/mol. The third kappa shape index (κ3) is 5.76. The van der Waals surface area contributed by atoms with E-state index in [2.05, 4.69) is 4.72 Å². The van der Waals surface area contributed by atoms with Crippen molar-refractivity contribution in [3.05, 3.63) is 65.7 Å². The van der Waals surface area contributed by atoms with Gasteiger partial charge in [-0.15, -0.1) is 0 Å². The maximum absolute atomic E-state index is 12.0. The first kappa shape index (κ1) is 17.6. The van der Waals surface area contributed by atoms with Crippen LogP contribution in [0.3, 0.4) is 0 Å². The van der Waals surface area contributed by atoms with Crippen molar-refractivity contribution in [1.29, 1.82) is 0 Å². The van der Waals surface area contributed by atoms with Crippen molar-refractivity contribution in [1.82, 2.24) is 4.72 Å². The van der Waals surface area contributed by atoms with E-state index < -0.39 is 20.0 Å². The fourth-order valence-corrected chi connectivity index (χ4v) is 3.70. The highest BCUT2D eigenvalue weighted by molar-refractivity contribution is 7.89. The first-order chi connectivity index (χ1) is 10.8. The normalized spacial score (nSPS) is 12.2. The summed E-state index contributed by atoms with van der Waals surface area (Å²) in [6.45, 7) is 0.240. The summed E-state index contributed by atoms with van der Waals surface area (Å²) in [5.74, 6) is -0.0712. The van der Waals surface area contributed by atoms with E-state index in [1.807, 2.05) is 6.07 Å². The minimum absolute atomic E-state index is 0.0332. The fraction of sp³-hybridized carbons (Fsp3) is 0.200. The highest BCUT2D eigenvalue weighted by atomic mass is 32.2. The largest absolute Gasteiger partial charge is 0.238 e. The van der Waals surface area contributed by atoms with Crippen molar-refractivity contribution < 1.29 is 16.8 Å². The number of hydrogen-bond donors (Lipinski definition) is 2. The van der Waals surface area contributed by atoms with E-state index in [0.29, 0.717) is 6.42 Å². The van der Waals surface area contributed by atoms with Gasteiger partial charge in [0, 0.05) is 6.54 Å². The molecule has 0 fully saturated rings. The van der Waals surface area contributed by atoms with Gasteiger partial charge in [-0.25, -0.2) is 26.7 Å². The summed E-state index contributed by atoms with van der Waals surface area (Å²) in [6.07, 6.45) is 0.457. The Morgan fingerprint density at radius 2 is 1.43 bits per heavy atom. The second-order valence-corrected chi connectivity index (χ2v) is 8.45. The molecule has 2 aromatic carbocycles. The van der Waals surface area contributed by atoms with E-state index in [0.717, 1.165) is 11.1 Å². The molecule has 3 N–H and O–H groups in total.